The average Bonchev–Trinajstić information content (AvgIpc) is 2.86. The molecule has 0 amide bonds. The summed E-state index contributed by atoms with van der Waals surface area (Å²) in [6.07, 6.45) is 8.40. The van der Waals surface area contributed by atoms with Crippen molar-refractivity contribution in [2.75, 3.05) is 18.5 Å². The fraction of sp³-hybridized carbons (Fsp3) is 0.400. The average molecular weight is 204 g/mol. The Morgan fingerprint density at radius 3 is 3.33 bits per heavy atom. The maximum absolute atomic E-state index is 5.29. The molecule has 1 aliphatic rings. The number of anilines is 1. The molecule has 78 valence electrons. The maximum atomic E-state index is 5.29. The Morgan fingerprint density at radius 2 is 2.53 bits per heavy atom. The number of ether oxygens (including phenoxy) is 1. The summed E-state index contributed by atoms with van der Waals surface area (Å²) in [5.74, 6) is 0.888. The van der Waals surface area contributed by atoms with Gasteiger partial charge in [-0.3, -0.25) is 4.98 Å². The van der Waals surface area contributed by atoms with Gasteiger partial charge in [-0.1, -0.05) is 0 Å². The SMILES string of the molecule is c1cn2cc(NC3CCOC3)nc2cn1. The molecule has 1 aliphatic heterocycles. The number of nitrogens with zero attached hydrogens (tertiary/aromatic N) is 3. The van der Waals surface area contributed by atoms with Crippen molar-refractivity contribution in [1.82, 2.24) is 14.4 Å². The second-order valence-corrected chi connectivity index (χ2v) is 3.67. The number of fused-ring (bicyclic) bond motifs is 1. The van der Waals surface area contributed by atoms with Gasteiger partial charge >= 0.3 is 0 Å². The third-order valence-electron chi connectivity index (χ3n) is 2.55. The molecule has 0 saturated carbocycles. The molecule has 0 bridgehead atoms. The first-order valence-electron chi connectivity index (χ1n) is 5.05. The van der Waals surface area contributed by atoms with Crippen LogP contribution < -0.4 is 5.32 Å². The molecule has 3 heterocycles. The summed E-state index contributed by atoms with van der Waals surface area (Å²) < 4.78 is 7.24. The van der Waals surface area contributed by atoms with Gasteiger partial charge in [0, 0.05) is 19.0 Å². The van der Waals surface area contributed by atoms with Crippen LogP contribution in [0.4, 0.5) is 5.82 Å². The first-order valence-corrected chi connectivity index (χ1v) is 5.05. The van der Waals surface area contributed by atoms with Crippen molar-refractivity contribution in [1.29, 1.82) is 0 Å². The van der Waals surface area contributed by atoms with Crippen LogP contribution in [0, 0.1) is 0 Å². The Balaban J connectivity index is 1.84. The van der Waals surface area contributed by atoms with Gasteiger partial charge in [0.05, 0.1) is 25.0 Å². The lowest BCUT2D eigenvalue weighted by atomic mass is 10.3. The molecule has 0 aromatic carbocycles. The summed E-state index contributed by atoms with van der Waals surface area (Å²) in [6, 6.07) is 0.392. The van der Waals surface area contributed by atoms with Crippen LogP contribution in [0.25, 0.3) is 5.65 Å². The smallest absolute Gasteiger partial charge is 0.157 e. The van der Waals surface area contributed by atoms with Crippen LogP contribution in [0.2, 0.25) is 0 Å². The molecule has 3 rings (SSSR count). The Kier molecular flexibility index (Phi) is 2.03. The van der Waals surface area contributed by atoms with Gasteiger partial charge in [-0.2, -0.15) is 0 Å². The quantitative estimate of drug-likeness (QED) is 0.790. The minimum Gasteiger partial charge on any atom is -0.379 e. The Hall–Kier alpha value is -1.62. The number of aromatic nitrogens is 3. The summed E-state index contributed by atoms with van der Waals surface area (Å²) in [5, 5.41) is 3.35. The van der Waals surface area contributed by atoms with Crippen LogP contribution in [-0.4, -0.2) is 33.6 Å². The predicted molar refractivity (Wildman–Crippen MR) is 55.8 cm³/mol. The normalized spacial score (nSPS) is 20.9. The number of hydrogen-bond donors (Lipinski definition) is 1. The molecule has 1 saturated heterocycles. The molecule has 0 spiro atoms. The largest absolute Gasteiger partial charge is 0.379 e. The van der Waals surface area contributed by atoms with Crippen molar-refractivity contribution < 1.29 is 4.74 Å². The summed E-state index contributed by atoms with van der Waals surface area (Å²) in [5.41, 5.74) is 0.860. The van der Waals surface area contributed by atoms with Gasteiger partial charge in [-0.15, -0.1) is 0 Å². The van der Waals surface area contributed by atoms with Crippen LogP contribution in [0.1, 0.15) is 6.42 Å². The van der Waals surface area contributed by atoms with E-state index in [9.17, 15) is 0 Å². The molecule has 0 radical (unpaired) electrons. The molecule has 2 aromatic heterocycles. The van der Waals surface area contributed by atoms with Crippen LogP contribution in [-0.2, 0) is 4.74 Å². The van der Waals surface area contributed by atoms with E-state index in [1.54, 1.807) is 12.4 Å². The van der Waals surface area contributed by atoms with Gasteiger partial charge in [0.25, 0.3) is 0 Å². The van der Waals surface area contributed by atoms with E-state index >= 15 is 0 Å². The Labute approximate surface area is 87.1 Å². The van der Waals surface area contributed by atoms with Gasteiger partial charge in [0.1, 0.15) is 5.82 Å². The highest BCUT2D eigenvalue weighted by Crippen LogP contribution is 2.13. The molecule has 5 nitrogen and oxygen atoms in total. The van der Waals surface area contributed by atoms with Gasteiger partial charge in [0.15, 0.2) is 5.65 Å². The lowest BCUT2D eigenvalue weighted by molar-refractivity contribution is 0.195. The number of rotatable bonds is 2. The summed E-state index contributed by atoms with van der Waals surface area (Å²) in [6.45, 7) is 1.61. The van der Waals surface area contributed by atoms with Crippen molar-refractivity contribution in [2.24, 2.45) is 0 Å². The van der Waals surface area contributed by atoms with Crippen molar-refractivity contribution in [3.63, 3.8) is 0 Å². The van der Waals surface area contributed by atoms with E-state index in [1.165, 1.54) is 0 Å². The Morgan fingerprint density at radius 1 is 1.53 bits per heavy atom. The second kappa shape index (κ2) is 3.51. The van der Waals surface area contributed by atoms with Crippen LogP contribution in [0.15, 0.2) is 24.8 Å². The predicted octanol–water partition coefficient (Wildman–Crippen LogP) is 0.930. The van der Waals surface area contributed by atoms with Crippen LogP contribution >= 0.6 is 0 Å². The first kappa shape index (κ1) is 8.67. The van der Waals surface area contributed by atoms with Crippen LogP contribution in [0.3, 0.4) is 0 Å². The molecule has 2 aromatic rings. The fourth-order valence-electron chi connectivity index (χ4n) is 1.77. The lowest BCUT2D eigenvalue weighted by Crippen LogP contribution is -2.18. The van der Waals surface area contributed by atoms with E-state index in [2.05, 4.69) is 15.3 Å². The van der Waals surface area contributed by atoms with Crippen molar-refractivity contribution in [2.45, 2.75) is 12.5 Å². The van der Waals surface area contributed by atoms with Gasteiger partial charge < -0.3 is 14.5 Å². The molecule has 0 aliphatic carbocycles. The molecule has 15 heavy (non-hydrogen) atoms. The highest BCUT2D eigenvalue weighted by molar-refractivity contribution is 5.47. The highest BCUT2D eigenvalue weighted by atomic mass is 16.5. The van der Waals surface area contributed by atoms with E-state index in [4.69, 9.17) is 4.74 Å². The van der Waals surface area contributed by atoms with Crippen LogP contribution in [0.5, 0.6) is 0 Å². The summed E-state index contributed by atoms with van der Waals surface area (Å²) in [4.78, 5) is 8.43. The topological polar surface area (TPSA) is 51.5 Å². The van der Waals surface area contributed by atoms with E-state index in [-0.39, 0.29) is 0 Å². The first-order chi connectivity index (χ1) is 7.42. The van der Waals surface area contributed by atoms with E-state index in [1.807, 2.05) is 16.8 Å². The Bertz CT molecular complexity index is 428. The standard InChI is InChI=1S/C10H12N4O/c1-4-15-7-8(1)12-9-6-14-3-2-11-5-10(14)13-9/h2-3,5-6,8,12H,1,4,7H2. The van der Waals surface area contributed by atoms with E-state index in [0.717, 1.165) is 31.1 Å². The fourth-order valence-corrected chi connectivity index (χ4v) is 1.77. The van der Waals surface area contributed by atoms with Crippen molar-refractivity contribution in [3.8, 4) is 0 Å². The highest BCUT2D eigenvalue weighted by Gasteiger charge is 2.16. The van der Waals surface area contributed by atoms with E-state index in [0.29, 0.717) is 6.04 Å². The maximum Gasteiger partial charge on any atom is 0.157 e. The lowest BCUT2D eigenvalue weighted by Gasteiger charge is -2.07. The molecule has 1 fully saturated rings. The monoisotopic (exact) mass is 204 g/mol. The zero-order valence-electron chi connectivity index (χ0n) is 8.26. The third kappa shape index (κ3) is 1.66. The van der Waals surface area contributed by atoms with Gasteiger partial charge in [-0.25, -0.2) is 4.98 Å². The molecule has 1 unspecified atom stereocenters. The van der Waals surface area contributed by atoms with E-state index < -0.39 is 0 Å². The zero-order valence-corrected chi connectivity index (χ0v) is 8.26. The van der Waals surface area contributed by atoms with Crippen molar-refractivity contribution in [3.05, 3.63) is 24.8 Å². The summed E-state index contributed by atoms with van der Waals surface area (Å²) in [7, 11) is 0. The molecule has 1 N–H and O–H groups in total. The number of nitrogens with one attached hydrogen (secondary N) is 1. The van der Waals surface area contributed by atoms with Crippen molar-refractivity contribution >= 4 is 11.5 Å². The van der Waals surface area contributed by atoms with Gasteiger partial charge in [0.2, 0.25) is 0 Å². The minimum absolute atomic E-state index is 0.392. The molecule has 1 atom stereocenters. The molecular weight excluding hydrogens is 192 g/mol. The summed E-state index contributed by atoms with van der Waals surface area (Å²) >= 11 is 0. The number of hydrogen-bond acceptors (Lipinski definition) is 4. The van der Waals surface area contributed by atoms with Gasteiger partial charge in [-0.05, 0) is 6.42 Å². The third-order valence-corrected chi connectivity index (χ3v) is 2.55. The molecule has 5 heteroatoms. The number of imidazole rings is 1. The molecular formula is C10H12N4O. The zero-order chi connectivity index (χ0) is 10.1. The second-order valence-electron chi connectivity index (χ2n) is 3.67. The minimum atomic E-state index is 0.392.